The van der Waals surface area contributed by atoms with Crippen molar-refractivity contribution in [2.45, 2.75) is 309 Å². The molecule has 0 aromatic rings. The molecule has 1 unspecified atom stereocenters. The van der Waals surface area contributed by atoms with Crippen molar-refractivity contribution in [3.05, 3.63) is 134 Å². The first-order valence-electron chi connectivity index (χ1n) is 33.7. The largest absolute Gasteiger partial charge is 0.462 e. The first-order chi connectivity index (χ1) is 40.0. The summed E-state index contributed by atoms with van der Waals surface area (Å²) >= 11 is 0. The summed E-state index contributed by atoms with van der Waals surface area (Å²) in [5.41, 5.74) is 0. The normalized spacial score (nSPS) is 13.0. The third-order valence-electron chi connectivity index (χ3n) is 14.1. The minimum atomic E-state index is -0.810. The van der Waals surface area contributed by atoms with E-state index in [0.717, 1.165) is 135 Å². The lowest BCUT2D eigenvalue weighted by molar-refractivity contribution is -0.167. The maximum atomic E-state index is 12.9. The highest BCUT2D eigenvalue weighted by Crippen LogP contribution is 2.15. The number of esters is 3. The Morgan fingerprint density at radius 1 is 0.259 bits per heavy atom. The van der Waals surface area contributed by atoms with Crippen molar-refractivity contribution in [3.63, 3.8) is 0 Å². The topological polar surface area (TPSA) is 78.9 Å². The molecular formula is C75H124O6. The van der Waals surface area contributed by atoms with Crippen molar-refractivity contribution in [2.75, 3.05) is 13.2 Å². The lowest BCUT2D eigenvalue weighted by Crippen LogP contribution is -2.30. The van der Waals surface area contributed by atoms with Gasteiger partial charge in [0, 0.05) is 19.3 Å². The Morgan fingerprint density at radius 2 is 0.481 bits per heavy atom. The molecule has 0 amide bonds. The Kier molecular flexibility index (Phi) is 64.3. The fourth-order valence-electron chi connectivity index (χ4n) is 9.07. The Balaban J connectivity index is 4.46. The fraction of sp³-hybridized carbons (Fsp3) is 0.667. The summed E-state index contributed by atoms with van der Waals surface area (Å²) in [6.07, 6.45) is 96.0. The van der Waals surface area contributed by atoms with Crippen molar-refractivity contribution >= 4 is 17.9 Å². The zero-order valence-corrected chi connectivity index (χ0v) is 52.8. The highest BCUT2D eigenvalue weighted by atomic mass is 16.6. The van der Waals surface area contributed by atoms with E-state index in [1.54, 1.807) is 0 Å². The molecule has 0 aliphatic carbocycles. The van der Waals surface area contributed by atoms with Crippen LogP contribution in [0, 0.1) is 0 Å². The van der Waals surface area contributed by atoms with Crippen LogP contribution in [-0.2, 0) is 28.6 Å². The summed E-state index contributed by atoms with van der Waals surface area (Å²) in [5, 5.41) is 0. The summed E-state index contributed by atoms with van der Waals surface area (Å²) < 4.78 is 16.9. The number of allylic oxidation sites excluding steroid dienone is 22. The van der Waals surface area contributed by atoms with E-state index < -0.39 is 6.10 Å². The van der Waals surface area contributed by atoms with Gasteiger partial charge >= 0.3 is 17.9 Å². The van der Waals surface area contributed by atoms with Crippen LogP contribution in [0.1, 0.15) is 303 Å². The van der Waals surface area contributed by atoms with E-state index in [9.17, 15) is 14.4 Å². The molecule has 0 bridgehead atoms. The van der Waals surface area contributed by atoms with Crippen LogP contribution in [0.3, 0.4) is 0 Å². The maximum Gasteiger partial charge on any atom is 0.306 e. The molecule has 0 rings (SSSR count). The van der Waals surface area contributed by atoms with Gasteiger partial charge in [0.25, 0.3) is 0 Å². The van der Waals surface area contributed by atoms with E-state index in [1.165, 1.54) is 128 Å². The van der Waals surface area contributed by atoms with Gasteiger partial charge in [0.05, 0.1) is 0 Å². The Bertz CT molecular complexity index is 1720. The van der Waals surface area contributed by atoms with Gasteiger partial charge in [-0.15, -0.1) is 0 Å². The highest BCUT2D eigenvalue weighted by molar-refractivity contribution is 5.71. The lowest BCUT2D eigenvalue weighted by atomic mass is 10.1. The second kappa shape index (κ2) is 68.1. The van der Waals surface area contributed by atoms with Gasteiger partial charge in [0.15, 0.2) is 6.10 Å². The van der Waals surface area contributed by atoms with Crippen molar-refractivity contribution in [1.29, 1.82) is 0 Å². The van der Waals surface area contributed by atoms with E-state index in [-0.39, 0.29) is 37.5 Å². The van der Waals surface area contributed by atoms with Gasteiger partial charge in [-0.1, -0.05) is 276 Å². The monoisotopic (exact) mass is 1120 g/mol. The van der Waals surface area contributed by atoms with Gasteiger partial charge in [0.2, 0.25) is 0 Å². The van der Waals surface area contributed by atoms with Crippen LogP contribution in [0.5, 0.6) is 0 Å². The second-order valence-electron chi connectivity index (χ2n) is 22.0. The number of rotatable bonds is 60. The molecule has 81 heavy (non-hydrogen) atoms. The van der Waals surface area contributed by atoms with Crippen molar-refractivity contribution in [1.82, 2.24) is 0 Å². The second-order valence-corrected chi connectivity index (χ2v) is 22.0. The smallest absolute Gasteiger partial charge is 0.306 e. The molecule has 0 aliphatic heterocycles. The predicted molar refractivity (Wildman–Crippen MR) is 353 cm³/mol. The van der Waals surface area contributed by atoms with Crippen molar-refractivity contribution in [2.24, 2.45) is 0 Å². The van der Waals surface area contributed by atoms with E-state index >= 15 is 0 Å². The average molecular weight is 1120 g/mol. The first kappa shape index (κ1) is 76.5. The number of hydrogen-bond donors (Lipinski definition) is 0. The minimum Gasteiger partial charge on any atom is -0.462 e. The van der Waals surface area contributed by atoms with E-state index in [1.807, 2.05) is 0 Å². The first-order valence-corrected chi connectivity index (χ1v) is 33.7. The van der Waals surface area contributed by atoms with E-state index in [4.69, 9.17) is 14.2 Å². The number of carbonyl (C=O) groups is 3. The third kappa shape index (κ3) is 66.2. The Morgan fingerprint density at radius 3 is 0.790 bits per heavy atom. The SMILES string of the molecule is CC/C=C\C/C=C\C/C=C\C/C=C\C/C=C\CCCCCC(=O)OC(COC(=O)CCCCCCCC/C=C\C/C=C\C/C=C\CCCCC)COC(=O)CCCCCCCCCCCC/C=C\C/C=C\C/C=C\CCCCCCC. The number of ether oxygens (including phenoxy) is 3. The molecule has 0 N–H and O–H groups in total. The van der Waals surface area contributed by atoms with Crippen LogP contribution in [0.25, 0.3) is 0 Å². The summed E-state index contributed by atoms with van der Waals surface area (Å²) in [6, 6.07) is 0. The average Bonchev–Trinajstić information content (AvgIpc) is 3.47. The molecule has 1 atom stereocenters. The van der Waals surface area contributed by atoms with E-state index in [2.05, 4.69) is 154 Å². The minimum absolute atomic E-state index is 0.101. The zero-order valence-electron chi connectivity index (χ0n) is 52.8. The van der Waals surface area contributed by atoms with Crippen LogP contribution in [0.15, 0.2) is 134 Å². The summed E-state index contributed by atoms with van der Waals surface area (Å²) in [7, 11) is 0. The molecule has 0 radical (unpaired) electrons. The summed E-state index contributed by atoms with van der Waals surface area (Å²) in [6.45, 7) is 6.46. The number of unbranched alkanes of at least 4 members (excludes halogenated alkanes) is 27. The molecule has 0 saturated carbocycles. The van der Waals surface area contributed by atoms with Gasteiger partial charge in [-0.05, 0) is 141 Å². The van der Waals surface area contributed by atoms with Crippen LogP contribution in [0.4, 0.5) is 0 Å². The third-order valence-corrected chi connectivity index (χ3v) is 14.1. The molecule has 0 fully saturated rings. The van der Waals surface area contributed by atoms with Crippen LogP contribution in [-0.4, -0.2) is 37.2 Å². The Labute approximate surface area is 500 Å². The van der Waals surface area contributed by atoms with Gasteiger partial charge in [-0.25, -0.2) is 0 Å². The number of hydrogen-bond acceptors (Lipinski definition) is 6. The summed E-state index contributed by atoms with van der Waals surface area (Å²) in [4.78, 5) is 38.4. The molecule has 6 heteroatoms. The standard InChI is InChI=1S/C75H124O6/c1-4-7-10-13-16-19-22-25-28-31-34-35-36-37-38-39-42-44-47-50-53-56-59-62-65-68-74(77)80-71-72(81-75(78)69-66-63-60-57-54-51-48-45-41-33-30-27-24-21-18-15-12-9-6-3)70-79-73(76)67-64-61-58-55-52-49-46-43-40-32-29-26-23-20-17-14-11-8-5-2/h9,12,17-18,20-22,25-27,29-31,34,36-37,40-41,43,45,51,54,72H,4-8,10-11,13-16,19,23-24,28,32-33,35,38-39,42,44,46-50,52-53,55-71H2,1-3H3/b12-9-,20-17-,21-18-,25-22-,29-26-,30-27-,34-31-,37-36-,43-40-,45-41-,54-51-. The van der Waals surface area contributed by atoms with Gasteiger partial charge in [0.1, 0.15) is 13.2 Å². The van der Waals surface area contributed by atoms with Crippen LogP contribution >= 0.6 is 0 Å². The molecule has 6 nitrogen and oxygen atoms in total. The molecule has 0 aromatic heterocycles. The highest BCUT2D eigenvalue weighted by Gasteiger charge is 2.19. The van der Waals surface area contributed by atoms with Gasteiger partial charge in [-0.3, -0.25) is 14.4 Å². The Hall–Kier alpha value is -4.45. The predicted octanol–water partition coefficient (Wildman–Crippen LogP) is 23.3. The molecule has 0 aromatic carbocycles. The molecule has 0 saturated heterocycles. The van der Waals surface area contributed by atoms with Crippen molar-refractivity contribution in [3.8, 4) is 0 Å². The zero-order chi connectivity index (χ0) is 58.5. The quantitative estimate of drug-likeness (QED) is 0.0261. The molecule has 0 spiro atoms. The van der Waals surface area contributed by atoms with Crippen molar-refractivity contribution < 1.29 is 28.6 Å². The van der Waals surface area contributed by atoms with Gasteiger partial charge < -0.3 is 14.2 Å². The van der Waals surface area contributed by atoms with Crippen LogP contribution < -0.4 is 0 Å². The fourth-order valence-corrected chi connectivity index (χ4v) is 9.07. The molecular weight excluding hydrogens is 997 g/mol. The molecule has 460 valence electrons. The van der Waals surface area contributed by atoms with Gasteiger partial charge in [-0.2, -0.15) is 0 Å². The maximum absolute atomic E-state index is 12.9. The molecule has 0 heterocycles. The molecule has 0 aliphatic rings. The summed E-state index contributed by atoms with van der Waals surface area (Å²) in [5.74, 6) is -0.946. The van der Waals surface area contributed by atoms with Crippen LogP contribution in [0.2, 0.25) is 0 Å². The lowest BCUT2D eigenvalue weighted by Gasteiger charge is -2.18. The number of carbonyl (C=O) groups excluding carboxylic acids is 3. The van der Waals surface area contributed by atoms with E-state index in [0.29, 0.717) is 12.8 Å².